The van der Waals surface area contributed by atoms with Gasteiger partial charge in [0.25, 0.3) is 0 Å². The highest BCUT2D eigenvalue weighted by molar-refractivity contribution is 14.1. The Morgan fingerprint density at radius 2 is 1.71 bits per heavy atom. The van der Waals surface area contributed by atoms with Crippen LogP contribution in [0.2, 0.25) is 0 Å². The van der Waals surface area contributed by atoms with Gasteiger partial charge < -0.3 is 4.74 Å². The van der Waals surface area contributed by atoms with Gasteiger partial charge in [-0.15, -0.1) is 0 Å². The highest BCUT2D eigenvalue weighted by Gasteiger charge is 2.20. The SMILES string of the molecule is Cc1cccc(C(NN)c2ccccc2OC(C)C)c1I. The van der Waals surface area contributed by atoms with Crippen LogP contribution in [0.25, 0.3) is 0 Å². The fraction of sp³-hybridized carbons (Fsp3) is 0.294. The van der Waals surface area contributed by atoms with Crippen molar-refractivity contribution >= 4 is 22.6 Å². The molecule has 0 fully saturated rings. The summed E-state index contributed by atoms with van der Waals surface area (Å²) in [6.45, 7) is 6.16. The Morgan fingerprint density at radius 3 is 2.38 bits per heavy atom. The molecule has 0 aliphatic carbocycles. The lowest BCUT2D eigenvalue weighted by molar-refractivity contribution is 0.238. The maximum absolute atomic E-state index is 5.92. The van der Waals surface area contributed by atoms with Gasteiger partial charge in [0.2, 0.25) is 0 Å². The number of para-hydroxylation sites is 1. The summed E-state index contributed by atoms with van der Waals surface area (Å²) in [4.78, 5) is 0. The third-order valence-corrected chi connectivity index (χ3v) is 4.77. The van der Waals surface area contributed by atoms with E-state index < -0.39 is 0 Å². The first-order chi connectivity index (χ1) is 10.0. The second-order valence-electron chi connectivity index (χ2n) is 5.28. The van der Waals surface area contributed by atoms with Crippen LogP contribution < -0.4 is 16.0 Å². The van der Waals surface area contributed by atoms with Crippen molar-refractivity contribution in [3.05, 3.63) is 62.7 Å². The number of rotatable bonds is 5. The van der Waals surface area contributed by atoms with Gasteiger partial charge in [0.15, 0.2) is 0 Å². The second-order valence-corrected chi connectivity index (χ2v) is 6.36. The van der Waals surface area contributed by atoms with Crippen LogP contribution in [0.3, 0.4) is 0 Å². The van der Waals surface area contributed by atoms with Gasteiger partial charge in [-0.3, -0.25) is 5.84 Å². The van der Waals surface area contributed by atoms with Crippen molar-refractivity contribution < 1.29 is 4.74 Å². The van der Waals surface area contributed by atoms with Gasteiger partial charge >= 0.3 is 0 Å². The molecule has 112 valence electrons. The minimum Gasteiger partial charge on any atom is -0.491 e. The van der Waals surface area contributed by atoms with Crippen LogP contribution in [0.15, 0.2) is 42.5 Å². The van der Waals surface area contributed by atoms with E-state index in [1.54, 1.807) is 0 Å². The van der Waals surface area contributed by atoms with E-state index in [4.69, 9.17) is 10.6 Å². The predicted octanol–water partition coefficient (Wildman–Crippen LogP) is 3.94. The summed E-state index contributed by atoms with van der Waals surface area (Å²) < 4.78 is 7.14. The number of hydrogen-bond acceptors (Lipinski definition) is 3. The molecule has 3 nitrogen and oxygen atoms in total. The molecule has 2 aromatic carbocycles. The first-order valence-electron chi connectivity index (χ1n) is 7.01. The normalized spacial score (nSPS) is 12.5. The summed E-state index contributed by atoms with van der Waals surface area (Å²) in [5.41, 5.74) is 6.40. The summed E-state index contributed by atoms with van der Waals surface area (Å²) in [5, 5.41) is 0. The van der Waals surface area contributed by atoms with E-state index in [1.165, 1.54) is 9.13 Å². The molecular weight excluding hydrogens is 375 g/mol. The summed E-state index contributed by atoms with van der Waals surface area (Å²) >= 11 is 2.37. The van der Waals surface area contributed by atoms with Crippen molar-refractivity contribution in [3.8, 4) is 5.75 Å². The molecule has 1 unspecified atom stereocenters. The molecule has 0 amide bonds. The average Bonchev–Trinajstić information content (AvgIpc) is 2.45. The average molecular weight is 396 g/mol. The number of ether oxygens (including phenoxy) is 1. The van der Waals surface area contributed by atoms with Crippen LogP contribution in [0.4, 0.5) is 0 Å². The van der Waals surface area contributed by atoms with Crippen LogP contribution in [-0.2, 0) is 0 Å². The topological polar surface area (TPSA) is 47.3 Å². The van der Waals surface area contributed by atoms with E-state index in [0.29, 0.717) is 0 Å². The fourth-order valence-corrected chi connectivity index (χ4v) is 2.99. The van der Waals surface area contributed by atoms with Gasteiger partial charge in [-0.25, -0.2) is 5.43 Å². The number of hydrogen-bond donors (Lipinski definition) is 2. The summed E-state index contributed by atoms with van der Waals surface area (Å²) in [7, 11) is 0. The van der Waals surface area contributed by atoms with Crippen LogP contribution in [0, 0.1) is 10.5 Å². The van der Waals surface area contributed by atoms with Gasteiger partial charge in [-0.05, 0) is 60.6 Å². The van der Waals surface area contributed by atoms with Crippen molar-refractivity contribution in [1.29, 1.82) is 0 Å². The van der Waals surface area contributed by atoms with Crippen molar-refractivity contribution in [2.24, 2.45) is 5.84 Å². The molecule has 0 heterocycles. The summed E-state index contributed by atoms with van der Waals surface area (Å²) in [6, 6.07) is 14.2. The molecule has 0 saturated heterocycles. The van der Waals surface area contributed by atoms with Crippen LogP contribution >= 0.6 is 22.6 Å². The van der Waals surface area contributed by atoms with Crippen LogP contribution in [0.5, 0.6) is 5.75 Å². The molecule has 0 radical (unpaired) electrons. The lowest BCUT2D eigenvalue weighted by Gasteiger charge is -2.23. The first kappa shape index (κ1) is 16.3. The van der Waals surface area contributed by atoms with E-state index in [0.717, 1.165) is 16.9 Å². The zero-order valence-electron chi connectivity index (χ0n) is 12.6. The maximum Gasteiger partial charge on any atom is 0.124 e. The van der Waals surface area contributed by atoms with E-state index >= 15 is 0 Å². The lowest BCUT2D eigenvalue weighted by Crippen LogP contribution is -2.30. The number of benzene rings is 2. The Bertz CT molecular complexity index is 613. The highest BCUT2D eigenvalue weighted by Crippen LogP contribution is 2.33. The summed E-state index contributed by atoms with van der Waals surface area (Å²) in [5.74, 6) is 6.71. The van der Waals surface area contributed by atoms with Gasteiger partial charge in [0.05, 0.1) is 12.1 Å². The number of nitrogens with two attached hydrogens (primary N) is 1. The Balaban J connectivity index is 2.49. The quantitative estimate of drug-likeness (QED) is 0.457. The van der Waals surface area contributed by atoms with E-state index in [9.17, 15) is 0 Å². The molecule has 0 spiro atoms. The van der Waals surface area contributed by atoms with Gasteiger partial charge in [-0.1, -0.05) is 36.4 Å². The molecule has 0 aliphatic rings. The van der Waals surface area contributed by atoms with E-state index in [-0.39, 0.29) is 12.1 Å². The van der Waals surface area contributed by atoms with Crippen molar-refractivity contribution in [2.45, 2.75) is 32.9 Å². The molecule has 3 N–H and O–H groups in total. The molecule has 0 aliphatic heterocycles. The third-order valence-electron chi connectivity index (χ3n) is 3.29. The molecule has 2 rings (SSSR count). The van der Waals surface area contributed by atoms with Gasteiger partial charge in [0.1, 0.15) is 5.75 Å². The predicted molar refractivity (Wildman–Crippen MR) is 95.3 cm³/mol. The van der Waals surface area contributed by atoms with E-state index in [2.05, 4.69) is 59.2 Å². The first-order valence-corrected chi connectivity index (χ1v) is 8.09. The highest BCUT2D eigenvalue weighted by atomic mass is 127. The lowest BCUT2D eigenvalue weighted by atomic mass is 9.97. The zero-order valence-corrected chi connectivity index (χ0v) is 14.7. The molecular formula is C17H21IN2O. The second kappa shape index (κ2) is 7.24. The van der Waals surface area contributed by atoms with Crippen LogP contribution in [0.1, 0.15) is 36.6 Å². The number of hydrazine groups is 1. The molecule has 0 saturated carbocycles. The Morgan fingerprint density at radius 1 is 1.05 bits per heavy atom. The van der Waals surface area contributed by atoms with Crippen molar-refractivity contribution in [3.63, 3.8) is 0 Å². The standard InChI is InChI=1S/C17H21IN2O/c1-11(2)21-15-10-5-4-8-13(15)17(20-19)14-9-6-7-12(3)16(14)18/h4-11,17,20H,19H2,1-3H3. The van der Waals surface area contributed by atoms with Gasteiger partial charge in [-0.2, -0.15) is 0 Å². The zero-order chi connectivity index (χ0) is 15.4. The largest absolute Gasteiger partial charge is 0.491 e. The van der Waals surface area contributed by atoms with Crippen molar-refractivity contribution in [1.82, 2.24) is 5.43 Å². The monoisotopic (exact) mass is 396 g/mol. The minimum atomic E-state index is -0.0910. The summed E-state index contributed by atoms with van der Waals surface area (Å²) in [6.07, 6.45) is 0.126. The Hall–Kier alpha value is -1.11. The number of nitrogens with one attached hydrogen (secondary N) is 1. The fourth-order valence-electron chi connectivity index (χ4n) is 2.32. The molecule has 1 atom stereocenters. The van der Waals surface area contributed by atoms with Crippen molar-refractivity contribution in [2.75, 3.05) is 0 Å². The Labute approximate surface area is 140 Å². The molecule has 21 heavy (non-hydrogen) atoms. The molecule has 2 aromatic rings. The number of halogens is 1. The minimum absolute atomic E-state index is 0.0910. The molecule has 4 heteroatoms. The smallest absolute Gasteiger partial charge is 0.124 e. The van der Waals surface area contributed by atoms with Gasteiger partial charge in [0, 0.05) is 9.13 Å². The van der Waals surface area contributed by atoms with E-state index in [1.807, 2.05) is 32.0 Å². The maximum atomic E-state index is 5.92. The molecule has 0 bridgehead atoms. The molecule has 0 aromatic heterocycles. The number of aryl methyl sites for hydroxylation is 1. The Kier molecular flexibility index (Phi) is 5.61. The van der Waals surface area contributed by atoms with Crippen LogP contribution in [-0.4, -0.2) is 6.10 Å². The third kappa shape index (κ3) is 3.75.